The van der Waals surface area contributed by atoms with E-state index in [1.54, 1.807) is 7.11 Å². The van der Waals surface area contributed by atoms with Gasteiger partial charge in [-0.25, -0.2) is 4.99 Å². The summed E-state index contributed by atoms with van der Waals surface area (Å²) >= 11 is 0. The van der Waals surface area contributed by atoms with Crippen LogP contribution in [0.25, 0.3) is 0 Å². The predicted molar refractivity (Wildman–Crippen MR) is 117 cm³/mol. The molecule has 1 saturated heterocycles. The van der Waals surface area contributed by atoms with Crippen LogP contribution in [0, 0.1) is 0 Å². The lowest BCUT2D eigenvalue weighted by Gasteiger charge is -2.32. The van der Waals surface area contributed by atoms with Crippen LogP contribution in [0.4, 0.5) is 0 Å². The molecule has 2 N–H and O–H groups in total. The third kappa shape index (κ3) is 7.77. The SMILES string of the molecule is CCNC(=NCc1ccccc1COC)NCC(C)N1CCOCC1.I. The zero-order valence-corrected chi connectivity index (χ0v) is 18.5. The fraction of sp³-hybridized carbons (Fsp3) is 0.632. The quantitative estimate of drug-likeness (QED) is 0.343. The first kappa shape index (κ1) is 23.1. The van der Waals surface area contributed by atoms with Crippen LogP contribution < -0.4 is 10.6 Å². The number of methoxy groups -OCH3 is 1. The first-order valence-corrected chi connectivity index (χ1v) is 9.14. The number of guanidine groups is 1. The molecule has 2 rings (SSSR count). The molecule has 0 radical (unpaired) electrons. The van der Waals surface area contributed by atoms with Crippen LogP contribution in [-0.4, -0.2) is 63.4 Å². The Morgan fingerprint density at radius 2 is 1.92 bits per heavy atom. The zero-order chi connectivity index (χ0) is 17.9. The molecule has 1 aromatic rings. The van der Waals surface area contributed by atoms with E-state index in [2.05, 4.69) is 41.5 Å². The zero-order valence-electron chi connectivity index (χ0n) is 16.2. The molecule has 0 spiro atoms. The summed E-state index contributed by atoms with van der Waals surface area (Å²) in [5, 5.41) is 6.79. The van der Waals surface area contributed by atoms with Crippen molar-refractivity contribution in [3.05, 3.63) is 35.4 Å². The minimum atomic E-state index is 0. The van der Waals surface area contributed by atoms with Gasteiger partial charge in [0, 0.05) is 39.3 Å². The Labute approximate surface area is 174 Å². The maximum Gasteiger partial charge on any atom is 0.191 e. The summed E-state index contributed by atoms with van der Waals surface area (Å²) in [5.74, 6) is 0.856. The summed E-state index contributed by atoms with van der Waals surface area (Å²) in [4.78, 5) is 7.19. The van der Waals surface area contributed by atoms with Crippen molar-refractivity contribution >= 4 is 29.9 Å². The maximum atomic E-state index is 5.42. The molecule has 26 heavy (non-hydrogen) atoms. The second-order valence-electron chi connectivity index (χ2n) is 6.28. The fourth-order valence-electron chi connectivity index (χ4n) is 2.91. The van der Waals surface area contributed by atoms with E-state index in [9.17, 15) is 0 Å². The number of nitrogens with zero attached hydrogens (tertiary/aromatic N) is 2. The predicted octanol–water partition coefficient (Wildman–Crippen LogP) is 2.23. The summed E-state index contributed by atoms with van der Waals surface area (Å²) in [7, 11) is 1.72. The molecule has 1 unspecified atom stereocenters. The van der Waals surface area contributed by atoms with Crippen LogP contribution in [0.3, 0.4) is 0 Å². The van der Waals surface area contributed by atoms with Crippen molar-refractivity contribution in [1.82, 2.24) is 15.5 Å². The van der Waals surface area contributed by atoms with Gasteiger partial charge in [-0.2, -0.15) is 0 Å². The number of hydrogen-bond acceptors (Lipinski definition) is 4. The third-order valence-electron chi connectivity index (χ3n) is 4.40. The minimum absolute atomic E-state index is 0. The largest absolute Gasteiger partial charge is 0.380 e. The molecule has 0 saturated carbocycles. The number of nitrogens with one attached hydrogen (secondary N) is 2. The third-order valence-corrected chi connectivity index (χ3v) is 4.40. The second-order valence-corrected chi connectivity index (χ2v) is 6.28. The van der Waals surface area contributed by atoms with Crippen LogP contribution in [0.15, 0.2) is 29.3 Å². The van der Waals surface area contributed by atoms with Crippen molar-refractivity contribution < 1.29 is 9.47 Å². The van der Waals surface area contributed by atoms with Crippen molar-refractivity contribution in [2.75, 3.05) is 46.5 Å². The molecule has 0 aromatic heterocycles. The topological polar surface area (TPSA) is 58.1 Å². The van der Waals surface area contributed by atoms with E-state index in [1.807, 2.05) is 12.1 Å². The molecule has 1 heterocycles. The van der Waals surface area contributed by atoms with E-state index in [-0.39, 0.29) is 24.0 Å². The molecular formula is C19H33IN4O2. The Morgan fingerprint density at radius 3 is 2.58 bits per heavy atom. The Bertz CT molecular complexity index is 536. The van der Waals surface area contributed by atoms with Gasteiger partial charge in [0.05, 0.1) is 26.4 Å². The van der Waals surface area contributed by atoms with E-state index in [1.165, 1.54) is 11.1 Å². The summed E-state index contributed by atoms with van der Waals surface area (Å²) < 4.78 is 10.7. The highest BCUT2D eigenvalue weighted by Gasteiger charge is 2.17. The van der Waals surface area contributed by atoms with Crippen LogP contribution in [-0.2, 0) is 22.6 Å². The van der Waals surface area contributed by atoms with Gasteiger partial charge < -0.3 is 20.1 Å². The van der Waals surface area contributed by atoms with Crippen LogP contribution in [0.5, 0.6) is 0 Å². The van der Waals surface area contributed by atoms with Gasteiger partial charge in [-0.05, 0) is 25.0 Å². The summed E-state index contributed by atoms with van der Waals surface area (Å²) in [6.07, 6.45) is 0. The average Bonchev–Trinajstić information content (AvgIpc) is 2.65. The summed E-state index contributed by atoms with van der Waals surface area (Å²) in [6.45, 7) is 11.0. The van der Waals surface area contributed by atoms with E-state index >= 15 is 0 Å². The molecule has 0 bridgehead atoms. The van der Waals surface area contributed by atoms with E-state index in [0.717, 1.165) is 45.4 Å². The van der Waals surface area contributed by atoms with Crippen LogP contribution >= 0.6 is 24.0 Å². The molecule has 7 heteroatoms. The maximum absolute atomic E-state index is 5.42. The van der Waals surface area contributed by atoms with Gasteiger partial charge in [0.15, 0.2) is 5.96 Å². The van der Waals surface area contributed by atoms with Crippen molar-refractivity contribution in [1.29, 1.82) is 0 Å². The van der Waals surface area contributed by atoms with Crippen molar-refractivity contribution in [2.45, 2.75) is 33.0 Å². The number of benzene rings is 1. The smallest absolute Gasteiger partial charge is 0.191 e. The van der Waals surface area contributed by atoms with Crippen molar-refractivity contribution in [3.63, 3.8) is 0 Å². The highest BCUT2D eigenvalue weighted by atomic mass is 127. The lowest BCUT2D eigenvalue weighted by atomic mass is 10.1. The molecule has 1 fully saturated rings. The highest BCUT2D eigenvalue weighted by Crippen LogP contribution is 2.11. The van der Waals surface area contributed by atoms with Gasteiger partial charge in [0.2, 0.25) is 0 Å². The van der Waals surface area contributed by atoms with Gasteiger partial charge in [-0.15, -0.1) is 24.0 Å². The molecule has 0 aliphatic carbocycles. The Hall–Kier alpha value is -0.900. The fourth-order valence-corrected chi connectivity index (χ4v) is 2.91. The molecule has 1 atom stereocenters. The highest BCUT2D eigenvalue weighted by molar-refractivity contribution is 14.0. The molecule has 1 aliphatic rings. The molecule has 6 nitrogen and oxygen atoms in total. The first-order valence-electron chi connectivity index (χ1n) is 9.14. The Kier molecular flexibility index (Phi) is 11.8. The lowest BCUT2D eigenvalue weighted by Crippen LogP contribution is -2.49. The molecule has 148 valence electrons. The molecule has 1 aliphatic heterocycles. The Morgan fingerprint density at radius 1 is 1.23 bits per heavy atom. The molecule has 1 aromatic carbocycles. The van der Waals surface area contributed by atoms with E-state index in [4.69, 9.17) is 14.5 Å². The van der Waals surface area contributed by atoms with Gasteiger partial charge in [-0.1, -0.05) is 24.3 Å². The second kappa shape index (κ2) is 13.3. The monoisotopic (exact) mass is 476 g/mol. The van der Waals surface area contributed by atoms with E-state index < -0.39 is 0 Å². The number of halogens is 1. The number of morpholine rings is 1. The lowest BCUT2D eigenvalue weighted by molar-refractivity contribution is 0.0211. The van der Waals surface area contributed by atoms with Gasteiger partial charge in [0.25, 0.3) is 0 Å². The van der Waals surface area contributed by atoms with Gasteiger partial charge >= 0.3 is 0 Å². The Balaban J connectivity index is 0.00000338. The number of rotatable bonds is 8. The summed E-state index contributed by atoms with van der Waals surface area (Å²) in [6, 6.07) is 8.74. The van der Waals surface area contributed by atoms with Gasteiger partial charge in [0.1, 0.15) is 0 Å². The number of hydrogen-bond donors (Lipinski definition) is 2. The molecular weight excluding hydrogens is 443 g/mol. The van der Waals surface area contributed by atoms with Crippen LogP contribution in [0.2, 0.25) is 0 Å². The van der Waals surface area contributed by atoms with Crippen molar-refractivity contribution in [3.8, 4) is 0 Å². The summed E-state index contributed by atoms with van der Waals surface area (Å²) in [5.41, 5.74) is 2.38. The van der Waals surface area contributed by atoms with E-state index in [0.29, 0.717) is 19.2 Å². The minimum Gasteiger partial charge on any atom is -0.380 e. The molecule has 0 amide bonds. The van der Waals surface area contributed by atoms with Gasteiger partial charge in [-0.3, -0.25) is 4.90 Å². The normalized spacial score (nSPS) is 16.7. The average molecular weight is 476 g/mol. The number of aliphatic imine (C=N–C) groups is 1. The first-order chi connectivity index (χ1) is 12.2. The van der Waals surface area contributed by atoms with Crippen molar-refractivity contribution in [2.24, 2.45) is 4.99 Å². The standard InChI is InChI=1S/C19H32N4O2.HI/c1-4-20-19(21-13-16(2)23-9-11-25-12-10-23)22-14-17-7-5-6-8-18(17)15-24-3;/h5-8,16H,4,9-15H2,1-3H3,(H2,20,21,22);1H. The van der Waals surface area contributed by atoms with Crippen LogP contribution in [0.1, 0.15) is 25.0 Å². The number of ether oxygens (including phenoxy) is 2.